The van der Waals surface area contributed by atoms with Crippen molar-refractivity contribution in [1.82, 2.24) is 8.75 Å². The van der Waals surface area contributed by atoms with Crippen LogP contribution >= 0.6 is 34.4 Å². The number of carbonyl (C=O) groups excluding carboxylic acids is 1. The molecule has 6 nitrogen and oxygen atoms in total. The van der Waals surface area contributed by atoms with Gasteiger partial charge in [0.2, 0.25) is 0 Å². The Morgan fingerprint density at radius 2 is 1.11 bits per heavy atom. The lowest BCUT2D eigenvalue weighted by Gasteiger charge is -2.32. The maximum absolute atomic E-state index is 12.5. The van der Waals surface area contributed by atoms with Crippen LogP contribution in [0, 0.1) is 29.6 Å². The van der Waals surface area contributed by atoms with Crippen LogP contribution in [0.1, 0.15) is 146 Å². The number of rotatable bonds is 9. The van der Waals surface area contributed by atoms with Crippen molar-refractivity contribution in [3.8, 4) is 32.4 Å². The standard InChI is InChI=1S/C44H58N2O4S3/c1-25-11-13-27(3)32(23-25)34-19-21-36(51-34)38-40-41(46-53-45-40)39(37-22-20-35(52-37)33-24-26(2)12-14-28(33)4)43(42(38)49-30-9-7-6-8-10-30)50-31-17-15-29(16-18-31)44(47)48-5/h19-22,25-33H,6-18,23-24H2,1-5H3. The number of nitrogens with zero attached hydrogens (tertiary/aromatic N) is 2. The monoisotopic (exact) mass is 774 g/mol. The summed E-state index contributed by atoms with van der Waals surface area (Å²) in [6.07, 6.45) is 16.7. The van der Waals surface area contributed by atoms with Crippen molar-refractivity contribution in [3.63, 3.8) is 0 Å². The Labute approximate surface area is 328 Å². The minimum atomic E-state index is -0.102. The number of benzene rings is 1. The summed E-state index contributed by atoms with van der Waals surface area (Å²) in [5, 5.41) is 0. The van der Waals surface area contributed by atoms with Crippen LogP contribution in [0.5, 0.6) is 11.5 Å². The molecule has 6 unspecified atom stereocenters. The van der Waals surface area contributed by atoms with Gasteiger partial charge in [-0.1, -0.05) is 47.0 Å². The average Bonchev–Trinajstić information content (AvgIpc) is 3.97. The van der Waals surface area contributed by atoms with E-state index in [-0.39, 0.29) is 24.1 Å². The van der Waals surface area contributed by atoms with Gasteiger partial charge >= 0.3 is 5.97 Å². The highest BCUT2D eigenvalue weighted by Gasteiger charge is 2.36. The van der Waals surface area contributed by atoms with Gasteiger partial charge in [0.15, 0.2) is 11.5 Å². The fourth-order valence-electron chi connectivity index (χ4n) is 9.97. The van der Waals surface area contributed by atoms with Crippen LogP contribution < -0.4 is 9.47 Å². The molecule has 4 aliphatic carbocycles. The minimum Gasteiger partial charge on any atom is -0.486 e. The summed E-state index contributed by atoms with van der Waals surface area (Å²) in [7, 11) is 1.50. The Morgan fingerprint density at radius 3 is 1.60 bits per heavy atom. The molecule has 0 saturated heterocycles. The molecule has 0 amide bonds. The van der Waals surface area contributed by atoms with Gasteiger partial charge in [0, 0.05) is 19.5 Å². The molecular formula is C44H58N2O4S3. The van der Waals surface area contributed by atoms with Crippen molar-refractivity contribution in [2.75, 3.05) is 7.11 Å². The summed E-state index contributed by atoms with van der Waals surface area (Å²) in [6, 6.07) is 9.41. The van der Waals surface area contributed by atoms with E-state index in [4.69, 9.17) is 23.0 Å². The van der Waals surface area contributed by atoms with Crippen molar-refractivity contribution < 1.29 is 19.0 Å². The molecule has 0 radical (unpaired) electrons. The first-order valence-corrected chi connectivity index (χ1v) is 23.1. The van der Waals surface area contributed by atoms with E-state index in [1.807, 2.05) is 22.7 Å². The van der Waals surface area contributed by atoms with E-state index in [0.29, 0.717) is 23.7 Å². The summed E-state index contributed by atoms with van der Waals surface area (Å²) in [4.78, 5) is 17.8. The molecule has 8 rings (SSSR count). The third-order valence-corrected chi connectivity index (χ3v) is 16.3. The van der Waals surface area contributed by atoms with Gasteiger partial charge < -0.3 is 14.2 Å². The smallest absolute Gasteiger partial charge is 0.308 e. The molecule has 0 N–H and O–H groups in total. The van der Waals surface area contributed by atoms with Gasteiger partial charge in [-0.3, -0.25) is 4.79 Å². The summed E-state index contributed by atoms with van der Waals surface area (Å²) in [5.41, 5.74) is 3.95. The largest absolute Gasteiger partial charge is 0.486 e. The molecule has 0 aliphatic heterocycles. The van der Waals surface area contributed by atoms with Gasteiger partial charge in [0.05, 0.1) is 48.1 Å². The molecule has 4 saturated carbocycles. The van der Waals surface area contributed by atoms with E-state index in [1.54, 1.807) is 0 Å². The Morgan fingerprint density at radius 1 is 0.623 bits per heavy atom. The minimum absolute atomic E-state index is 0.0256. The van der Waals surface area contributed by atoms with E-state index < -0.39 is 0 Å². The Bertz CT molecular complexity index is 1860. The number of fused-ring (bicyclic) bond motifs is 1. The summed E-state index contributed by atoms with van der Waals surface area (Å²) in [5.74, 6) is 5.55. The van der Waals surface area contributed by atoms with Crippen molar-refractivity contribution >= 4 is 51.4 Å². The van der Waals surface area contributed by atoms with E-state index in [9.17, 15) is 4.79 Å². The first kappa shape index (κ1) is 37.4. The zero-order valence-corrected chi connectivity index (χ0v) is 34.8. The van der Waals surface area contributed by atoms with E-state index in [0.717, 1.165) is 84.0 Å². The molecule has 0 spiro atoms. The van der Waals surface area contributed by atoms with Crippen LogP contribution in [0.3, 0.4) is 0 Å². The van der Waals surface area contributed by atoms with Gasteiger partial charge in [-0.05, 0) is 137 Å². The van der Waals surface area contributed by atoms with E-state index >= 15 is 0 Å². The third kappa shape index (κ3) is 7.82. The average molecular weight is 775 g/mol. The Kier molecular flexibility index (Phi) is 11.5. The van der Waals surface area contributed by atoms with Crippen molar-refractivity contribution in [1.29, 1.82) is 0 Å². The number of esters is 1. The lowest BCUT2D eigenvalue weighted by Crippen LogP contribution is -2.29. The molecule has 53 heavy (non-hydrogen) atoms. The highest BCUT2D eigenvalue weighted by atomic mass is 32.1. The number of hydrogen-bond acceptors (Lipinski definition) is 9. The van der Waals surface area contributed by atoms with Crippen LogP contribution in [0.4, 0.5) is 0 Å². The van der Waals surface area contributed by atoms with Crippen LogP contribution in [0.25, 0.3) is 31.9 Å². The molecule has 4 fully saturated rings. The molecule has 4 aliphatic rings. The maximum atomic E-state index is 12.5. The third-order valence-electron chi connectivity index (χ3n) is 13.3. The number of ether oxygens (including phenoxy) is 3. The zero-order valence-electron chi connectivity index (χ0n) is 32.4. The first-order valence-electron chi connectivity index (χ1n) is 20.7. The fraction of sp³-hybridized carbons (Fsp3) is 0.659. The second-order valence-corrected chi connectivity index (χ2v) is 20.0. The van der Waals surface area contributed by atoms with E-state index in [2.05, 4.69) is 52.0 Å². The molecule has 9 heteroatoms. The number of hydrogen-bond donors (Lipinski definition) is 0. The first-order chi connectivity index (χ1) is 25.8. The quantitative estimate of drug-likeness (QED) is 0.158. The second-order valence-electron chi connectivity index (χ2n) is 17.3. The lowest BCUT2D eigenvalue weighted by atomic mass is 9.75. The second kappa shape index (κ2) is 16.3. The van der Waals surface area contributed by atoms with Crippen LogP contribution in [0.2, 0.25) is 0 Å². The molecule has 1 aromatic carbocycles. The van der Waals surface area contributed by atoms with Crippen LogP contribution in [-0.4, -0.2) is 34.0 Å². The van der Waals surface area contributed by atoms with Gasteiger partial charge in [-0.15, -0.1) is 22.7 Å². The highest BCUT2D eigenvalue weighted by molar-refractivity contribution is 7.16. The molecule has 6 atom stereocenters. The van der Waals surface area contributed by atoms with Crippen molar-refractivity contribution in [3.05, 3.63) is 34.0 Å². The normalized spacial score (nSPS) is 30.0. The number of aromatic nitrogens is 2. The molecule has 3 aromatic heterocycles. The Balaban J connectivity index is 1.27. The summed E-state index contributed by atoms with van der Waals surface area (Å²) >= 11 is 5.16. The van der Waals surface area contributed by atoms with Crippen molar-refractivity contribution in [2.24, 2.45) is 29.6 Å². The number of methoxy groups -OCH3 is 1. The van der Waals surface area contributed by atoms with Crippen LogP contribution in [-0.2, 0) is 9.53 Å². The predicted molar refractivity (Wildman–Crippen MR) is 220 cm³/mol. The van der Waals surface area contributed by atoms with Gasteiger partial charge in [0.25, 0.3) is 0 Å². The maximum Gasteiger partial charge on any atom is 0.308 e. The SMILES string of the molecule is COC(=O)C1CCC(Oc2c(OC3CCCCC3)c(-c3ccc(C4CC(C)CCC4C)s3)c3nsnc3c2-c2ccc(C3CC(C)CCC3C)s2)CC1. The molecule has 286 valence electrons. The predicted octanol–water partition coefficient (Wildman–Crippen LogP) is 13.0. The van der Waals surface area contributed by atoms with Crippen LogP contribution in [0.15, 0.2) is 24.3 Å². The number of thiophene rings is 2. The van der Waals surface area contributed by atoms with Gasteiger partial charge in [-0.2, -0.15) is 8.75 Å². The molecule has 4 aromatic rings. The Hall–Kier alpha value is -2.49. The topological polar surface area (TPSA) is 70.5 Å². The van der Waals surface area contributed by atoms with Gasteiger partial charge in [0.1, 0.15) is 11.0 Å². The highest BCUT2D eigenvalue weighted by Crippen LogP contribution is 2.56. The van der Waals surface area contributed by atoms with E-state index in [1.165, 1.54) is 96.1 Å². The lowest BCUT2D eigenvalue weighted by molar-refractivity contribution is -0.147. The molecular weight excluding hydrogens is 717 g/mol. The van der Waals surface area contributed by atoms with Gasteiger partial charge in [-0.25, -0.2) is 0 Å². The molecule has 0 bridgehead atoms. The summed E-state index contributed by atoms with van der Waals surface area (Å²) in [6.45, 7) is 9.71. The molecule has 3 heterocycles. The zero-order chi connectivity index (χ0) is 36.6. The number of carbonyl (C=O) groups is 1. The van der Waals surface area contributed by atoms with Crippen molar-refractivity contribution in [2.45, 2.75) is 148 Å². The fourth-order valence-corrected chi connectivity index (χ4v) is 13.1. The summed E-state index contributed by atoms with van der Waals surface area (Å²) < 4.78 is 30.0.